The predicted octanol–water partition coefficient (Wildman–Crippen LogP) is 2.65. The van der Waals surface area contributed by atoms with Gasteiger partial charge >= 0.3 is 0 Å². The fourth-order valence-electron chi connectivity index (χ4n) is 4.56. The molecule has 146 valence electrons. The summed E-state index contributed by atoms with van der Waals surface area (Å²) < 4.78 is 4.21. The lowest BCUT2D eigenvalue weighted by Gasteiger charge is -2.34. The summed E-state index contributed by atoms with van der Waals surface area (Å²) in [6.45, 7) is 4.39. The van der Waals surface area contributed by atoms with Crippen molar-refractivity contribution in [2.24, 2.45) is 13.0 Å². The molecule has 2 aromatic rings. The molecule has 1 saturated heterocycles. The molecule has 7 nitrogen and oxygen atoms in total. The zero-order chi connectivity index (χ0) is 18.8. The topological polar surface area (TPSA) is 68.8 Å². The van der Waals surface area contributed by atoms with Gasteiger partial charge in [-0.1, -0.05) is 19.3 Å². The standard InChI is InChI=1S/C20H30N6O/c1-15-21-10-13-26(15)14-18-22-23-19(24(18)2)16-8-11-25(12-9-16)20(27)17-6-4-3-5-7-17/h10,13,16-17H,3-9,11-12,14H2,1-2H3. The van der Waals surface area contributed by atoms with E-state index in [1.807, 2.05) is 19.3 Å². The minimum absolute atomic E-state index is 0.273. The van der Waals surface area contributed by atoms with Crippen LogP contribution in [0.25, 0.3) is 0 Å². The van der Waals surface area contributed by atoms with Crippen molar-refractivity contribution in [2.45, 2.75) is 64.3 Å². The zero-order valence-corrected chi connectivity index (χ0v) is 16.5. The van der Waals surface area contributed by atoms with Crippen molar-refractivity contribution < 1.29 is 4.79 Å². The lowest BCUT2D eigenvalue weighted by atomic mass is 9.87. The minimum atomic E-state index is 0.273. The van der Waals surface area contributed by atoms with Gasteiger partial charge in [0.2, 0.25) is 5.91 Å². The number of carbonyl (C=O) groups excluding carboxylic acids is 1. The Morgan fingerprint density at radius 3 is 2.52 bits per heavy atom. The van der Waals surface area contributed by atoms with Crippen LogP contribution in [-0.2, 0) is 18.4 Å². The van der Waals surface area contributed by atoms with Crippen LogP contribution >= 0.6 is 0 Å². The SMILES string of the molecule is Cc1nccn1Cc1nnc(C2CCN(C(=O)C3CCCCC3)CC2)n1C. The molecule has 0 atom stereocenters. The quantitative estimate of drug-likeness (QED) is 0.830. The second kappa shape index (κ2) is 7.82. The Morgan fingerprint density at radius 2 is 1.85 bits per heavy atom. The van der Waals surface area contributed by atoms with Crippen molar-refractivity contribution in [1.29, 1.82) is 0 Å². The van der Waals surface area contributed by atoms with Gasteiger partial charge in [0.25, 0.3) is 0 Å². The van der Waals surface area contributed by atoms with Crippen molar-refractivity contribution in [2.75, 3.05) is 13.1 Å². The van der Waals surface area contributed by atoms with E-state index in [0.717, 1.165) is 56.2 Å². The van der Waals surface area contributed by atoms with E-state index in [0.29, 0.717) is 18.4 Å². The molecule has 7 heteroatoms. The summed E-state index contributed by atoms with van der Waals surface area (Å²) in [6, 6.07) is 0. The van der Waals surface area contributed by atoms with Crippen molar-refractivity contribution in [3.8, 4) is 0 Å². The molecular formula is C20H30N6O. The molecule has 3 heterocycles. The molecular weight excluding hydrogens is 340 g/mol. The molecule has 0 spiro atoms. The molecule has 27 heavy (non-hydrogen) atoms. The Balaban J connectivity index is 1.37. The van der Waals surface area contributed by atoms with E-state index in [1.54, 1.807) is 0 Å². The van der Waals surface area contributed by atoms with Crippen LogP contribution < -0.4 is 0 Å². The van der Waals surface area contributed by atoms with E-state index in [9.17, 15) is 4.79 Å². The Kier molecular flexibility index (Phi) is 5.27. The largest absolute Gasteiger partial charge is 0.342 e. The summed E-state index contributed by atoms with van der Waals surface area (Å²) in [5, 5.41) is 8.90. The number of likely N-dealkylation sites (tertiary alicyclic amines) is 1. The maximum absolute atomic E-state index is 12.8. The van der Waals surface area contributed by atoms with Crippen LogP contribution in [0, 0.1) is 12.8 Å². The van der Waals surface area contributed by atoms with Crippen LogP contribution in [0.2, 0.25) is 0 Å². The van der Waals surface area contributed by atoms with Gasteiger partial charge in [-0.25, -0.2) is 4.98 Å². The molecule has 0 radical (unpaired) electrons. The van der Waals surface area contributed by atoms with Gasteiger partial charge in [-0.05, 0) is 32.6 Å². The number of aryl methyl sites for hydroxylation is 1. The second-order valence-corrected chi connectivity index (χ2v) is 8.07. The Morgan fingerprint density at radius 1 is 1.11 bits per heavy atom. The Labute approximate surface area is 160 Å². The Hall–Kier alpha value is -2.18. The first-order chi connectivity index (χ1) is 13.1. The number of amides is 1. The summed E-state index contributed by atoms with van der Waals surface area (Å²) in [5.74, 6) is 4.03. The number of hydrogen-bond acceptors (Lipinski definition) is 4. The molecule has 1 saturated carbocycles. The van der Waals surface area contributed by atoms with E-state index >= 15 is 0 Å². The number of carbonyl (C=O) groups is 1. The average molecular weight is 371 g/mol. The first kappa shape index (κ1) is 18.2. The number of aromatic nitrogens is 5. The van der Waals surface area contributed by atoms with Gasteiger partial charge in [0.15, 0.2) is 5.82 Å². The number of hydrogen-bond donors (Lipinski definition) is 0. The number of piperidine rings is 1. The van der Waals surface area contributed by atoms with Gasteiger partial charge in [-0.15, -0.1) is 10.2 Å². The number of imidazole rings is 1. The lowest BCUT2D eigenvalue weighted by Crippen LogP contribution is -2.42. The number of rotatable bonds is 4. The predicted molar refractivity (Wildman–Crippen MR) is 102 cm³/mol. The summed E-state index contributed by atoms with van der Waals surface area (Å²) in [5.41, 5.74) is 0. The summed E-state index contributed by atoms with van der Waals surface area (Å²) >= 11 is 0. The van der Waals surface area contributed by atoms with Gasteiger partial charge < -0.3 is 14.0 Å². The van der Waals surface area contributed by atoms with Crippen molar-refractivity contribution in [3.05, 3.63) is 29.9 Å². The van der Waals surface area contributed by atoms with Gasteiger partial charge in [-0.3, -0.25) is 4.79 Å². The van der Waals surface area contributed by atoms with Crippen LogP contribution in [0.1, 0.15) is 68.3 Å². The number of nitrogens with zero attached hydrogens (tertiary/aromatic N) is 6. The van der Waals surface area contributed by atoms with E-state index in [-0.39, 0.29) is 5.92 Å². The van der Waals surface area contributed by atoms with Crippen molar-refractivity contribution >= 4 is 5.91 Å². The third-order valence-electron chi connectivity index (χ3n) is 6.36. The maximum atomic E-state index is 12.8. The van der Waals surface area contributed by atoms with Gasteiger partial charge in [0.05, 0.1) is 6.54 Å². The summed E-state index contributed by atoms with van der Waals surface area (Å²) in [7, 11) is 2.05. The zero-order valence-electron chi connectivity index (χ0n) is 16.5. The molecule has 0 aromatic carbocycles. The summed E-state index contributed by atoms with van der Waals surface area (Å²) in [6.07, 6.45) is 11.6. The lowest BCUT2D eigenvalue weighted by molar-refractivity contribution is -0.137. The van der Waals surface area contributed by atoms with E-state index in [4.69, 9.17) is 0 Å². The van der Waals surface area contributed by atoms with Crippen LogP contribution in [-0.4, -0.2) is 48.2 Å². The van der Waals surface area contributed by atoms with Crippen molar-refractivity contribution in [1.82, 2.24) is 29.2 Å². The highest BCUT2D eigenvalue weighted by molar-refractivity contribution is 5.79. The normalized spacial score (nSPS) is 19.6. The first-order valence-electron chi connectivity index (χ1n) is 10.3. The highest BCUT2D eigenvalue weighted by Crippen LogP contribution is 2.30. The molecule has 2 aromatic heterocycles. The van der Waals surface area contributed by atoms with Gasteiger partial charge in [0, 0.05) is 44.4 Å². The molecule has 2 fully saturated rings. The van der Waals surface area contributed by atoms with Crippen LogP contribution in [0.15, 0.2) is 12.4 Å². The van der Waals surface area contributed by atoms with E-state index in [1.165, 1.54) is 19.3 Å². The highest BCUT2D eigenvalue weighted by atomic mass is 16.2. The fourth-order valence-corrected chi connectivity index (χ4v) is 4.56. The monoisotopic (exact) mass is 370 g/mol. The Bertz CT molecular complexity index is 780. The molecule has 1 aliphatic heterocycles. The molecule has 0 unspecified atom stereocenters. The summed E-state index contributed by atoms with van der Waals surface area (Å²) in [4.78, 5) is 19.1. The molecule has 4 rings (SSSR count). The van der Waals surface area contributed by atoms with E-state index < -0.39 is 0 Å². The molecule has 1 aliphatic carbocycles. The van der Waals surface area contributed by atoms with Gasteiger partial charge in [0.1, 0.15) is 11.6 Å². The van der Waals surface area contributed by atoms with Crippen molar-refractivity contribution in [3.63, 3.8) is 0 Å². The van der Waals surface area contributed by atoms with Crippen LogP contribution in [0.5, 0.6) is 0 Å². The molecule has 0 bridgehead atoms. The third-order valence-corrected chi connectivity index (χ3v) is 6.36. The van der Waals surface area contributed by atoms with Gasteiger partial charge in [-0.2, -0.15) is 0 Å². The third kappa shape index (κ3) is 3.77. The van der Waals surface area contributed by atoms with E-state index in [2.05, 4.69) is 36.3 Å². The smallest absolute Gasteiger partial charge is 0.225 e. The molecule has 1 amide bonds. The minimum Gasteiger partial charge on any atom is -0.342 e. The highest BCUT2D eigenvalue weighted by Gasteiger charge is 2.31. The average Bonchev–Trinajstić information content (AvgIpc) is 3.28. The molecule has 0 N–H and O–H groups in total. The maximum Gasteiger partial charge on any atom is 0.225 e. The van der Waals surface area contributed by atoms with Crippen LogP contribution in [0.4, 0.5) is 0 Å². The molecule has 2 aliphatic rings. The second-order valence-electron chi connectivity index (χ2n) is 8.07. The fraction of sp³-hybridized carbons (Fsp3) is 0.700. The van der Waals surface area contributed by atoms with Crippen LogP contribution in [0.3, 0.4) is 0 Å². The first-order valence-corrected chi connectivity index (χ1v) is 10.3.